The lowest BCUT2D eigenvalue weighted by atomic mass is 10.1. The minimum atomic E-state index is -1.06. The van der Waals surface area contributed by atoms with E-state index in [0.717, 1.165) is 5.56 Å². The van der Waals surface area contributed by atoms with Crippen LogP contribution in [0.25, 0.3) is 0 Å². The maximum Gasteiger partial charge on any atom is 0.326 e. The number of carbonyl (C=O) groups is 2. The third kappa shape index (κ3) is 3.94. The lowest BCUT2D eigenvalue weighted by molar-refractivity contribution is -0.139. The standard InChI is InChI=1S/C16H19N3O3/c1-11(2)19-10-13(9-17-19)15(20)18-14(16(21)22)8-12-6-4-3-5-7-12/h3-7,9-11,14H,8H2,1-2H3,(H,18,20)(H,21,22)/t14-/m1/s1. The lowest BCUT2D eigenvalue weighted by Gasteiger charge is -2.14. The van der Waals surface area contributed by atoms with Crippen molar-refractivity contribution in [2.24, 2.45) is 0 Å². The van der Waals surface area contributed by atoms with Gasteiger partial charge >= 0.3 is 5.97 Å². The highest BCUT2D eigenvalue weighted by Crippen LogP contribution is 2.07. The average Bonchev–Trinajstić information content (AvgIpc) is 2.97. The molecule has 0 fully saturated rings. The number of carbonyl (C=O) groups excluding carboxylic acids is 1. The summed E-state index contributed by atoms with van der Waals surface area (Å²) in [7, 11) is 0. The van der Waals surface area contributed by atoms with Gasteiger partial charge in [-0.05, 0) is 19.4 Å². The van der Waals surface area contributed by atoms with Gasteiger partial charge < -0.3 is 10.4 Å². The summed E-state index contributed by atoms with van der Waals surface area (Å²) < 4.78 is 1.65. The Morgan fingerprint density at radius 1 is 1.27 bits per heavy atom. The number of aromatic nitrogens is 2. The zero-order valence-corrected chi connectivity index (χ0v) is 12.6. The van der Waals surface area contributed by atoms with Gasteiger partial charge in [0.15, 0.2) is 0 Å². The summed E-state index contributed by atoms with van der Waals surface area (Å²) in [6.07, 6.45) is 3.29. The first kappa shape index (κ1) is 15.8. The number of hydrogen-bond donors (Lipinski definition) is 2. The van der Waals surface area contributed by atoms with E-state index < -0.39 is 17.9 Å². The maximum atomic E-state index is 12.2. The van der Waals surface area contributed by atoms with Gasteiger partial charge in [-0.1, -0.05) is 30.3 Å². The SMILES string of the molecule is CC(C)n1cc(C(=O)N[C@H](Cc2ccccc2)C(=O)O)cn1. The van der Waals surface area contributed by atoms with Crippen LogP contribution in [0.15, 0.2) is 42.7 Å². The molecule has 0 saturated carbocycles. The zero-order valence-electron chi connectivity index (χ0n) is 12.6. The van der Waals surface area contributed by atoms with Gasteiger partial charge in [-0.15, -0.1) is 0 Å². The molecule has 6 nitrogen and oxygen atoms in total. The number of rotatable bonds is 6. The molecule has 0 bridgehead atoms. The van der Waals surface area contributed by atoms with Crippen LogP contribution < -0.4 is 5.32 Å². The fourth-order valence-corrected chi connectivity index (χ4v) is 2.03. The number of nitrogens with zero attached hydrogens (tertiary/aromatic N) is 2. The summed E-state index contributed by atoms with van der Waals surface area (Å²) in [6.45, 7) is 3.90. The smallest absolute Gasteiger partial charge is 0.326 e. The van der Waals surface area contributed by atoms with Crippen molar-refractivity contribution in [2.75, 3.05) is 0 Å². The van der Waals surface area contributed by atoms with Gasteiger partial charge in [0, 0.05) is 18.7 Å². The van der Waals surface area contributed by atoms with Gasteiger partial charge in [0.2, 0.25) is 0 Å². The van der Waals surface area contributed by atoms with Crippen LogP contribution in [0, 0.1) is 0 Å². The maximum absolute atomic E-state index is 12.2. The van der Waals surface area contributed by atoms with Crippen LogP contribution in [0.3, 0.4) is 0 Å². The van der Waals surface area contributed by atoms with Crippen molar-refractivity contribution in [2.45, 2.75) is 32.4 Å². The van der Waals surface area contributed by atoms with Crippen molar-refractivity contribution in [3.63, 3.8) is 0 Å². The summed E-state index contributed by atoms with van der Waals surface area (Å²) in [5.74, 6) is -1.50. The van der Waals surface area contributed by atoms with Crippen LogP contribution in [0.1, 0.15) is 35.8 Å². The van der Waals surface area contributed by atoms with E-state index in [4.69, 9.17) is 0 Å². The predicted octanol–water partition coefficient (Wildman–Crippen LogP) is 1.89. The highest BCUT2D eigenvalue weighted by Gasteiger charge is 2.22. The van der Waals surface area contributed by atoms with Gasteiger partial charge in [-0.2, -0.15) is 5.10 Å². The van der Waals surface area contributed by atoms with Gasteiger partial charge in [-0.3, -0.25) is 9.48 Å². The minimum Gasteiger partial charge on any atom is -0.480 e. The second-order valence-corrected chi connectivity index (χ2v) is 5.36. The summed E-state index contributed by atoms with van der Waals surface area (Å²) >= 11 is 0. The number of hydrogen-bond acceptors (Lipinski definition) is 3. The summed E-state index contributed by atoms with van der Waals surface area (Å²) in [5.41, 5.74) is 1.21. The average molecular weight is 301 g/mol. The Kier molecular flexibility index (Phi) is 4.93. The molecule has 116 valence electrons. The Morgan fingerprint density at radius 2 is 1.95 bits per heavy atom. The first-order chi connectivity index (χ1) is 10.5. The molecule has 0 saturated heterocycles. The molecule has 22 heavy (non-hydrogen) atoms. The van der Waals surface area contributed by atoms with Crippen molar-refractivity contribution < 1.29 is 14.7 Å². The number of benzene rings is 1. The van der Waals surface area contributed by atoms with E-state index in [1.54, 1.807) is 10.9 Å². The largest absolute Gasteiger partial charge is 0.480 e. The molecule has 2 rings (SSSR count). The molecule has 6 heteroatoms. The summed E-state index contributed by atoms with van der Waals surface area (Å²) in [6, 6.07) is 8.36. The van der Waals surface area contributed by atoms with E-state index in [-0.39, 0.29) is 12.5 Å². The molecular formula is C16H19N3O3. The topological polar surface area (TPSA) is 84.2 Å². The highest BCUT2D eigenvalue weighted by molar-refractivity contribution is 5.96. The number of aliphatic carboxylic acids is 1. The van der Waals surface area contributed by atoms with Crippen molar-refractivity contribution in [3.8, 4) is 0 Å². The molecule has 1 aromatic heterocycles. The van der Waals surface area contributed by atoms with Crippen molar-refractivity contribution in [1.29, 1.82) is 0 Å². The number of nitrogens with one attached hydrogen (secondary N) is 1. The molecule has 1 heterocycles. The van der Waals surface area contributed by atoms with E-state index in [1.807, 2.05) is 44.2 Å². The Hall–Kier alpha value is -2.63. The number of carboxylic acids is 1. The predicted molar refractivity (Wildman–Crippen MR) is 81.6 cm³/mol. The van der Waals surface area contributed by atoms with E-state index in [0.29, 0.717) is 5.56 Å². The molecule has 0 radical (unpaired) electrons. The molecular weight excluding hydrogens is 282 g/mol. The van der Waals surface area contributed by atoms with Crippen LogP contribution in [-0.4, -0.2) is 32.8 Å². The Labute approximate surface area is 128 Å². The zero-order chi connectivity index (χ0) is 16.1. The third-order valence-electron chi connectivity index (χ3n) is 3.28. The van der Waals surface area contributed by atoms with E-state index in [1.165, 1.54) is 6.20 Å². The quantitative estimate of drug-likeness (QED) is 0.853. The molecule has 1 atom stereocenters. The van der Waals surface area contributed by atoms with Crippen LogP contribution in [0.4, 0.5) is 0 Å². The normalized spacial score (nSPS) is 12.1. The van der Waals surface area contributed by atoms with Gasteiger partial charge in [-0.25, -0.2) is 4.79 Å². The van der Waals surface area contributed by atoms with E-state index in [2.05, 4.69) is 10.4 Å². The minimum absolute atomic E-state index is 0.140. The fraction of sp³-hybridized carbons (Fsp3) is 0.312. The number of amides is 1. The Morgan fingerprint density at radius 3 is 2.50 bits per heavy atom. The van der Waals surface area contributed by atoms with Crippen LogP contribution in [-0.2, 0) is 11.2 Å². The molecule has 1 amide bonds. The Bertz CT molecular complexity index is 650. The molecule has 1 aromatic carbocycles. The second kappa shape index (κ2) is 6.89. The highest BCUT2D eigenvalue weighted by atomic mass is 16.4. The molecule has 2 aromatic rings. The number of carboxylic acid groups (broad SMARTS) is 1. The van der Waals surface area contributed by atoms with E-state index in [9.17, 15) is 14.7 Å². The van der Waals surface area contributed by atoms with Crippen molar-refractivity contribution >= 4 is 11.9 Å². The first-order valence-electron chi connectivity index (χ1n) is 7.09. The summed E-state index contributed by atoms with van der Waals surface area (Å²) in [4.78, 5) is 23.5. The molecule has 0 aliphatic heterocycles. The van der Waals surface area contributed by atoms with Gasteiger partial charge in [0.25, 0.3) is 5.91 Å². The first-order valence-corrected chi connectivity index (χ1v) is 7.09. The molecule has 0 spiro atoms. The monoisotopic (exact) mass is 301 g/mol. The third-order valence-corrected chi connectivity index (χ3v) is 3.28. The summed E-state index contributed by atoms with van der Waals surface area (Å²) in [5, 5.41) is 15.9. The van der Waals surface area contributed by atoms with Crippen LogP contribution >= 0.6 is 0 Å². The molecule has 0 aliphatic rings. The molecule has 0 unspecified atom stereocenters. The van der Waals surface area contributed by atoms with Crippen molar-refractivity contribution in [3.05, 3.63) is 53.9 Å². The lowest BCUT2D eigenvalue weighted by Crippen LogP contribution is -2.42. The Balaban J connectivity index is 2.07. The van der Waals surface area contributed by atoms with E-state index >= 15 is 0 Å². The van der Waals surface area contributed by atoms with Crippen LogP contribution in [0.5, 0.6) is 0 Å². The van der Waals surface area contributed by atoms with Gasteiger partial charge in [0.1, 0.15) is 6.04 Å². The molecule has 2 N–H and O–H groups in total. The molecule has 0 aliphatic carbocycles. The van der Waals surface area contributed by atoms with Gasteiger partial charge in [0.05, 0.1) is 11.8 Å². The second-order valence-electron chi connectivity index (χ2n) is 5.36. The fourth-order valence-electron chi connectivity index (χ4n) is 2.03. The van der Waals surface area contributed by atoms with Crippen LogP contribution in [0.2, 0.25) is 0 Å². The van der Waals surface area contributed by atoms with Crippen molar-refractivity contribution in [1.82, 2.24) is 15.1 Å².